The summed E-state index contributed by atoms with van der Waals surface area (Å²) in [7, 11) is 1.63. The fraction of sp³-hybridized carbons (Fsp3) is 0.556. The predicted molar refractivity (Wildman–Crippen MR) is 53.5 cm³/mol. The minimum Gasteiger partial charge on any atom is -0.467 e. The lowest BCUT2D eigenvalue weighted by Gasteiger charge is -2.13. The van der Waals surface area contributed by atoms with Crippen molar-refractivity contribution in [2.75, 3.05) is 20.3 Å². The number of rotatable bonds is 6. The van der Waals surface area contributed by atoms with E-state index in [9.17, 15) is 4.79 Å². The number of hydrogen-bond acceptors (Lipinski definition) is 5. The van der Waals surface area contributed by atoms with Crippen LogP contribution in [0.1, 0.15) is 16.5 Å². The molecule has 0 aromatic carbocycles. The van der Waals surface area contributed by atoms with Crippen molar-refractivity contribution in [3.8, 4) is 0 Å². The van der Waals surface area contributed by atoms with E-state index in [0.29, 0.717) is 19.7 Å². The highest BCUT2D eigenvalue weighted by Crippen LogP contribution is 2.24. The van der Waals surface area contributed by atoms with Crippen molar-refractivity contribution >= 4 is 17.8 Å². The molecule has 1 aromatic heterocycles. The molecule has 5 heteroatoms. The van der Waals surface area contributed by atoms with Gasteiger partial charge in [-0.25, -0.2) is 4.98 Å². The molecular formula is C9H13NO3S. The minimum atomic E-state index is 0.0951. The number of aryl methyl sites for hydroxylation is 1. The average Bonchev–Trinajstić information content (AvgIpc) is 2.59. The van der Waals surface area contributed by atoms with Gasteiger partial charge in [-0.05, 0) is 6.92 Å². The Morgan fingerprint density at radius 3 is 2.93 bits per heavy atom. The fourth-order valence-electron chi connectivity index (χ4n) is 1.26. The maximum atomic E-state index is 10.1. The first-order chi connectivity index (χ1) is 6.79. The van der Waals surface area contributed by atoms with Crippen LogP contribution >= 0.6 is 11.3 Å². The number of carbonyl (C=O) groups excluding carboxylic acids is 1. The van der Waals surface area contributed by atoms with Gasteiger partial charge in [-0.15, -0.1) is 11.3 Å². The van der Waals surface area contributed by atoms with Gasteiger partial charge in [-0.3, -0.25) is 4.79 Å². The van der Waals surface area contributed by atoms with Crippen LogP contribution in [-0.2, 0) is 14.3 Å². The lowest BCUT2D eigenvalue weighted by molar-refractivity contribution is -0.129. The van der Waals surface area contributed by atoms with Crippen LogP contribution in [0.2, 0.25) is 0 Å². The topological polar surface area (TPSA) is 48.4 Å². The lowest BCUT2D eigenvalue weighted by atomic mass is 10.1. The van der Waals surface area contributed by atoms with E-state index in [1.165, 1.54) is 0 Å². The number of nitrogens with zero attached hydrogens (tertiary/aromatic N) is 1. The Morgan fingerprint density at radius 2 is 2.43 bits per heavy atom. The molecule has 1 rings (SSSR count). The monoisotopic (exact) mass is 215 g/mol. The number of thiazole rings is 1. The molecule has 0 fully saturated rings. The summed E-state index contributed by atoms with van der Waals surface area (Å²) in [6.07, 6.45) is 0. The first-order valence-corrected chi connectivity index (χ1v) is 5.11. The second-order valence-corrected chi connectivity index (χ2v) is 3.77. The highest BCUT2D eigenvalue weighted by molar-refractivity contribution is 7.09. The molecule has 14 heavy (non-hydrogen) atoms. The van der Waals surface area contributed by atoms with Crippen LogP contribution in [0.5, 0.6) is 0 Å². The second kappa shape index (κ2) is 5.72. The Kier molecular flexibility index (Phi) is 4.55. The van der Waals surface area contributed by atoms with E-state index >= 15 is 0 Å². The Hall–Kier alpha value is -0.940. The predicted octanol–water partition coefficient (Wildman–Crippen LogP) is 1.35. The van der Waals surface area contributed by atoms with Gasteiger partial charge >= 0.3 is 0 Å². The summed E-state index contributed by atoms with van der Waals surface area (Å²) in [4.78, 5) is 15.4. The highest BCUT2D eigenvalue weighted by Gasteiger charge is 2.16. The van der Waals surface area contributed by atoms with Crippen molar-refractivity contribution < 1.29 is 14.3 Å². The highest BCUT2D eigenvalue weighted by atomic mass is 32.1. The molecule has 0 N–H and O–H groups in total. The molecule has 1 unspecified atom stereocenters. The second-order valence-electron chi connectivity index (χ2n) is 2.88. The van der Waals surface area contributed by atoms with Crippen LogP contribution in [0.25, 0.3) is 0 Å². The van der Waals surface area contributed by atoms with Gasteiger partial charge in [-0.2, -0.15) is 0 Å². The molecular weight excluding hydrogens is 202 g/mol. The summed E-state index contributed by atoms with van der Waals surface area (Å²) in [6.45, 7) is 3.28. The third kappa shape index (κ3) is 2.78. The molecule has 0 bridgehead atoms. The van der Waals surface area contributed by atoms with Crippen LogP contribution in [0.15, 0.2) is 5.51 Å². The quantitative estimate of drug-likeness (QED) is 0.672. The maximum Gasteiger partial charge on any atom is 0.293 e. The summed E-state index contributed by atoms with van der Waals surface area (Å²) in [5.74, 6) is 0.0951. The van der Waals surface area contributed by atoms with E-state index in [-0.39, 0.29) is 5.92 Å². The van der Waals surface area contributed by atoms with Crippen molar-refractivity contribution in [2.24, 2.45) is 0 Å². The molecule has 0 amide bonds. The van der Waals surface area contributed by atoms with E-state index in [0.717, 1.165) is 10.6 Å². The smallest absolute Gasteiger partial charge is 0.293 e. The van der Waals surface area contributed by atoms with E-state index in [4.69, 9.17) is 9.47 Å². The summed E-state index contributed by atoms with van der Waals surface area (Å²) in [6, 6.07) is 0. The summed E-state index contributed by atoms with van der Waals surface area (Å²) in [5.41, 5.74) is 2.76. The molecule has 4 nitrogen and oxygen atoms in total. The standard InChI is InChI=1S/C9H13NO3S/c1-7-9(14-5-10-7)8(3-12-2)4-13-6-11/h5-6,8H,3-4H2,1-2H3. The normalized spacial score (nSPS) is 12.4. The number of methoxy groups -OCH3 is 1. The van der Waals surface area contributed by atoms with E-state index in [1.807, 2.05) is 6.92 Å². The Balaban J connectivity index is 2.66. The molecule has 0 radical (unpaired) electrons. The molecule has 0 spiro atoms. The van der Waals surface area contributed by atoms with Gasteiger partial charge in [0.15, 0.2) is 0 Å². The summed E-state index contributed by atoms with van der Waals surface area (Å²) in [5, 5.41) is 0. The molecule has 0 saturated heterocycles. The summed E-state index contributed by atoms with van der Waals surface area (Å²) >= 11 is 1.56. The van der Waals surface area contributed by atoms with Crippen LogP contribution < -0.4 is 0 Å². The maximum absolute atomic E-state index is 10.1. The molecule has 0 aliphatic rings. The molecule has 1 aromatic rings. The van der Waals surface area contributed by atoms with Crippen LogP contribution in [0.3, 0.4) is 0 Å². The third-order valence-corrected chi connectivity index (χ3v) is 2.98. The van der Waals surface area contributed by atoms with Gasteiger partial charge < -0.3 is 9.47 Å². The largest absolute Gasteiger partial charge is 0.467 e. The molecule has 0 aliphatic carbocycles. The first-order valence-electron chi connectivity index (χ1n) is 4.23. The number of hydrogen-bond donors (Lipinski definition) is 0. The van der Waals surface area contributed by atoms with Gasteiger partial charge in [0, 0.05) is 12.0 Å². The van der Waals surface area contributed by atoms with Crippen molar-refractivity contribution in [2.45, 2.75) is 12.8 Å². The molecule has 1 atom stereocenters. The van der Waals surface area contributed by atoms with Crippen molar-refractivity contribution in [1.29, 1.82) is 0 Å². The van der Waals surface area contributed by atoms with Gasteiger partial charge in [0.25, 0.3) is 6.47 Å². The first kappa shape index (κ1) is 11.1. The van der Waals surface area contributed by atoms with E-state index in [1.54, 1.807) is 24.0 Å². The van der Waals surface area contributed by atoms with Crippen LogP contribution in [0.4, 0.5) is 0 Å². The Morgan fingerprint density at radius 1 is 1.64 bits per heavy atom. The van der Waals surface area contributed by atoms with Crippen LogP contribution in [0, 0.1) is 6.92 Å². The molecule has 78 valence electrons. The number of ether oxygens (including phenoxy) is 2. The van der Waals surface area contributed by atoms with E-state index in [2.05, 4.69) is 4.98 Å². The number of aromatic nitrogens is 1. The number of carbonyl (C=O) groups is 1. The SMILES string of the molecule is COCC(COC=O)c1scnc1C. The van der Waals surface area contributed by atoms with Gasteiger partial charge in [0.2, 0.25) is 0 Å². The zero-order chi connectivity index (χ0) is 10.4. The van der Waals surface area contributed by atoms with Crippen molar-refractivity contribution in [3.63, 3.8) is 0 Å². The van der Waals surface area contributed by atoms with Crippen LogP contribution in [-0.4, -0.2) is 31.8 Å². The lowest BCUT2D eigenvalue weighted by Crippen LogP contribution is -2.13. The Bertz CT molecular complexity index is 287. The van der Waals surface area contributed by atoms with Gasteiger partial charge in [0.05, 0.1) is 23.7 Å². The summed E-state index contributed by atoms with van der Waals surface area (Å²) < 4.78 is 9.81. The Labute approximate surface area is 86.9 Å². The zero-order valence-electron chi connectivity index (χ0n) is 8.23. The zero-order valence-corrected chi connectivity index (χ0v) is 9.04. The minimum absolute atomic E-state index is 0.0951. The van der Waals surface area contributed by atoms with Crippen molar-refractivity contribution in [3.05, 3.63) is 16.1 Å². The molecule has 0 aliphatic heterocycles. The van der Waals surface area contributed by atoms with Gasteiger partial charge in [0.1, 0.15) is 6.61 Å². The molecule has 0 saturated carbocycles. The third-order valence-electron chi connectivity index (χ3n) is 1.89. The average molecular weight is 215 g/mol. The van der Waals surface area contributed by atoms with Gasteiger partial charge in [-0.1, -0.05) is 0 Å². The van der Waals surface area contributed by atoms with Crippen molar-refractivity contribution in [1.82, 2.24) is 4.98 Å². The molecule has 1 heterocycles. The fourth-order valence-corrected chi connectivity index (χ4v) is 2.14. The van der Waals surface area contributed by atoms with E-state index < -0.39 is 0 Å².